The van der Waals surface area contributed by atoms with Crippen molar-refractivity contribution >= 4 is 17.5 Å². The number of benzene rings is 1. The Labute approximate surface area is 117 Å². The molecule has 0 aliphatic carbocycles. The predicted octanol–water partition coefficient (Wildman–Crippen LogP) is 2.34. The summed E-state index contributed by atoms with van der Waals surface area (Å²) in [5, 5.41) is 10.6. The maximum Gasteiger partial charge on any atom is 0.257 e. The summed E-state index contributed by atoms with van der Waals surface area (Å²) < 4.78 is 5.20. The van der Waals surface area contributed by atoms with Gasteiger partial charge in [0, 0.05) is 18.1 Å². The summed E-state index contributed by atoms with van der Waals surface area (Å²) in [6.45, 7) is 2.75. The van der Waals surface area contributed by atoms with Gasteiger partial charge < -0.3 is 14.7 Å². The Morgan fingerprint density at radius 1 is 1.53 bits per heavy atom. The van der Waals surface area contributed by atoms with Crippen molar-refractivity contribution in [1.29, 1.82) is 0 Å². The van der Waals surface area contributed by atoms with E-state index in [-0.39, 0.29) is 5.91 Å². The molecule has 1 heterocycles. The Hall–Kier alpha value is -1.26. The molecule has 1 atom stereocenters. The highest BCUT2D eigenvalue weighted by molar-refractivity contribution is 6.30. The molecule has 1 aromatic carbocycles. The molecule has 0 aromatic heterocycles. The number of piperidine rings is 1. The summed E-state index contributed by atoms with van der Waals surface area (Å²) in [5.41, 5.74) is -0.335. The summed E-state index contributed by atoms with van der Waals surface area (Å²) in [5.74, 6) is 0.330. The first-order valence-corrected chi connectivity index (χ1v) is 6.66. The van der Waals surface area contributed by atoms with Crippen LogP contribution in [0, 0.1) is 0 Å². The predicted molar refractivity (Wildman–Crippen MR) is 73.8 cm³/mol. The molecule has 0 saturated carbocycles. The highest BCUT2D eigenvalue weighted by Crippen LogP contribution is 2.27. The largest absolute Gasteiger partial charge is 0.496 e. The van der Waals surface area contributed by atoms with Gasteiger partial charge in [0.15, 0.2) is 0 Å². The van der Waals surface area contributed by atoms with Crippen LogP contribution in [0.25, 0.3) is 0 Å². The van der Waals surface area contributed by atoms with Crippen LogP contribution in [-0.2, 0) is 0 Å². The molecule has 1 unspecified atom stereocenters. The second-order valence-corrected chi connectivity index (χ2v) is 5.61. The van der Waals surface area contributed by atoms with Crippen molar-refractivity contribution in [2.45, 2.75) is 25.4 Å². The number of halogens is 1. The van der Waals surface area contributed by atoms with E-state index < -0.39 is 5.60 Å². The molecule has 19 heavy (non-hydrogen) atoms. The van der Waals surface area contributed by atoms with E-state index in [9.17, 15) is 9.90 Å². The Bertz CT molecular complexity index is 488. The highest BCUT2D eigenvalue weighted by atomic mass is 35.5. The van der Waals surface area contributed by atoms with Crippen molar-refractivity contribution in [2.24, 2.45) is 0 Å². The molecule has 5 heteroatoms. The van der Waals surface area contributed by atoms with E-state index in [1.807, 2.05) is 0 Å². The van der Waals surface area contributed by atoms with Gasteiger partial charge >= 0.3 is 0 Å². The van der Waals surface area contributed by atoms with E-state index in [0.29, 0.717) is 35.8 Å². The lowest BCUT2D eigenvalue weighted by molar-refractivity contribution is -0.0108. The number of amides is 1. The number of rotatable bonds is 2. The van der Waals surface area contributed by atoms with Gasteiger partial charge in [0.25, 0.3) is 5.91 Å². The van der Waals surface area contributed by atoms with Gasteiger partial charge in [0.2, 0.25) is 0 Å². The van der Waals surface area contributed by atoms with Crippen LogP contribution in [0.2, 0.25) is 5.02 Å². The average molecular weight is 284 g/mol. The Balaban J connectivity index is 2.24. The van der Waals surface area contributed by atoms with Crippen LogP contribution in [0.4, 0.5) is 0 Å². The average Bonchev–Trinajstić information content (AvgIpc) is 2.36. The highest BCUT2D eigenvalue weighted by Gasteiger charge is 2.32. The van der Waals surface area contributed by atoms with Crippen LogP contribution in [-0.4, -0.2) is 41.7 Å². The summed E-state index contributed by atoms with van der Waals surface area (Å²) >= 11 is 5.89. The number of carbonyl (C=O) groups is 1. The molecule has 1 N–H and O–H groups in total. The van der Waals surface area contributed by atoms with Gasteiger partial charge in [0.1, 0.15) is 5.75 Å². The molecule has 1 amide bonds. The number of carbonyl (C=O) groups excluding carboxylic acids is 1. The fourth-order valence-electron chi connectivity index (χ4n) is 2.41. The molecule has 0 bridgehead atoms. The van der Waals surface area contributed by atoms with E-state index in [4.69, 9.17) is 16.3 Å². The molecule has 2 rings (SSSR count). The second-order valence-electron chi connectivity index (χ2n) is 5.17. The standard InChI is InChI=1S/C14H18ClNO3/c1-14(18)6-3-7-16(9-14)13(17)11-5-4-10(15)8-12(11)19-2/h4-5,8,18H,3,6-7,9H2,1-2H3. The van der Waals surface area contributed by atoms with Gasteiger partial charge in [-0.3, -0.25) is 4.79 Å². The third-order valence-electron chi connectivity index (χ3n) is 3.36. The molecule has 1 saturated heterocycles. The maximum absolute atomic E-state index is 12.5. The number of ether oxygens (including phenoxy) is 1. The quantitative estimate of drug-likeness (QED) is 0.906. The van der Waals surface area contributed by atoms with E-state index >= 15 is 0 Å². The zero-order chi connectivity index (χ0) is 14.0. The molecule has 1 aliphatic rings. The van der Waals surface area contributed by atoms with Crippen molar-refractivity contribution in [1.82, 2.24) is 4.90 Å². The molecule has 1 aromatic rings. The van der Waals surface area contributed by atoms with Crippen LogP contribution in [0.3, 0.4) is 0 Å². The summed E-state index contributed by atoms with van der Waals surface area (Å²) in [7, 11) is 1.51. The van der Waals surface area contributed by atoms with Crippen LogP contribution < -0.4 is 4.74 Å². The fraction of sp³-hybridized carbons (Fsp3) is 0.500. The van der Waals surface area contributed by atoms with Crippen molar-refractivity contribution < 1.29 is 14.6 Å². The SMILES string of the molecule is COc1cc(Cl)ccc1C(=O)N1CCCC(C)(O)C1. The summed E-state index contributed by atoms with van der Waals surface area (Å²) in [6, 6.07) is 4.95. The van der Waals surface area contributed by atoms with E-state index in [1.165, 1.54) is 7.11 Å². The zero-order valence-corrected chi connectivity index (χ0v) is 11.9. The minimum atomic E-state index is -0.812. The fourth-order valence-corrected chi connectivity index (χ4v) is 2.57. The molecule has 1 fully saturated rings. The summed E-state index contributed by atoms with van der Waals surface area (Å²) in [6.07, 6.45) is 1.52. The van der Waals surface area contributed by atoms with E-state index in [1.54, 1.807) is 30.0 Å². The van der Waals surface area contributed by atoms with Gasteiger partial charge in [-0.2, -0.15) is 0 Å². The maximum atomic E-state index is 12.5. The number of methoxy groups -OCH3 is 1. The van der Waals surface area contributed by atoms with Crippen LogP contribution >= 0.6 is 11.6 Å². The molecule has 104 valence electrons. The minimum Gasteiger partial charge on any atom is -0.496 e. The van der Waals surface area contributed by atoms with Crippen molar-refractivity contribution in [3.05, 3.63) is 28.8 Å². The Morgan fingerprint density at radius 3 is 2.89 bits per heavy atom. The van der Waals surface area contributed by atoms with Crippen molar-refractivity contribution in [3.8, 4) is 5.75 Å². The van der Waals surface area contributed by atoms with Crippen LogP contribution in [0.1, 0.15) is 30.1 Å². The van der Waals surface area contributed by atoms with Gasteiger partial charge in [-0.25, -0.2) is 0 Å². The van der Waals surface area contributed by atoms with Crippen LogP contribution in [0.5, 0.6) is 5.75 Å². The minimum absolute atomic E-state index is 0.131. The summed E-state index contributed by atoms with van der Waals surface area (Å²) in [4.78, 5) is 14.1. The molecule has 4 nitrogen and oxygen atoms in total. The topological polar surface area (TPSA) is 49.8 Å². The van der Waals surface area contributed by atoms with E-state index in [0.717, 1.165) is 6.42 Å². The lowest BCUT2D eigenvalue weighted by Gasteiger charge is -2.37. The normalized spacial score (nSPS) is 23.3. The lowest BCUT2D eigenvalue weighted by Crippen LogP contribution is -2.48. The number of nitrogens with zero attached hydrogens (tertiary/aromatic N) is 1. The van der Waals surface area contributed by atoms with Gasteiger partial charge in [0.05, 0.1) is 18.3 Å². The molecular weight excluding hydrogens is 266 g/mol. The number of likely N-dealkylation sites (tertiary alicyclic amines) is 1. The van der Waals surface area contributed by atoms with Crippen LogP contribution in [0.15, 0.2) is 18.2 Å². The van der Waals surface area contributed by atoms with Crippen molar-refractivity contribution in [2.75, 3.05) is 20.2 Å². The lowest BCUT2D eigenvalue weighted by atomic mass is 9.94. The van der Waals surface area contributed by atoms with Gasteiger partial charge in [-0.05, 0) is 38.0 Å². The Morgan fingerprint density at radius 2 is 2.26 bits per heavy atom. The number of aliphatic hydroxyl groups is 1. The monoisotopic (exact) mass is 283 g/mol. The number of β-amino-alcohol motifs (C(OH)–C–C–N with tert-alkyl or cyclic N) is 1. The molecular formula is C14H18ClNO3. The van der Waals surface area contributed by atoms with Crippen molar-refractivity contribution in [3.63, 3.8) is 0 Å². The second kappa shape index (κ2) is 5.39. The van der Waals surface area contributed by atoms with Gasteiger partial charge in [-0.1, -0.05) is 11.6 Å². The molecule has 0 spiro atoms. The molecule has 1 aliphatic heterocycles. The zero-order valence-electron chi connectivity index (χ0n) is 11.1. The smallest absolute Gasteiger partial charge is 0.257 e. The first kappa shape index (κ1) is 14.2. The third-order valence-corrected chi connectivity index (χ3v) is 3.59. The first-order valence-electron chi connectivity index (χ1n) is 6.28. The Kier molecular flexibility index (Phi) is 4.02. The first-order chi connectivity index (χ1) is 8.93. The van der Waals surface area contributed by atoms with E-state index in [2.05, 4.69) is 0 Å². The number of hydrogen-bond donors (Lipinski definition) is 1. The van der Waals surface area contributed by atoms with Gasteiger partial charge in [-0.15, -0.1) is 0 Å². The number of hydrogen-bond acceptors (Lipinski definition) is 3. The third kappa shape index (κ3) is 3.19. The molecule has 0 radical (unpaired) electrons.